The second kappa shape index (κ2) is 3.62. The summed E-state index contributed by atoms with van der Waals surface area (Å²) >= 11 is 0. The van der Waals surface area contributed by atoms with Crippen LogP contribution >= 0.6 is 0 Å². The molecule has 1 aliphatic carbocycles. The second-order valence-electron chi connectivity index (χ2n) is 4.49. The van der Waals surface area contributed by atoms with Crippen molar-refractivity contribution < 1.29 is 9.90 Å². The molecule has 0 unspecified atom stereocenters. The summed E-state index contributed by atoms with van der Waals surface area (Å²) in [6.07, 6.45) is 5.23. The molecule has 0 aliphatic heterocycles. The number of hydrogen-bond acceptors (Lipinski definition) is 5. The van der Waals surface area contributed by atoms with Crippen molar-refractivity contribution in [3.05, 3.63) is 12.5 Å². The van der Waals surface area contributed by atoms with Crippen molar-refractivity contribution in [2.45, 2.75) is 24.8 Å². The molecule has 94 valence electrons. The van der Waals surface area contributed by atoms with Crippen molar-refractivity contribution in [1.29, 1.82) is 0 Å². The summed E-state index contributed by atoms with van der Waals surface area (Å²) in [7, 11) is 1.82. The van der Waals surface area contributed by atoms with Gasteiger partial charge < -0.3 is 9.67 Å². The summed E-state index contributed by atoms with van der Waals surface area (Å²) in [6.45, 7) is 0. The lowest BCUT2D eigenvalue weighted by molar-refractivity contribution is -0.153. The zero-order valence-corrected chi connectivity index (χ0v) is 9.81. The molecule has 0 atom stereocenters. The molecule has 0 spiro atoms. The van der Waals surface area contributed by atoms with Gasteiger partial charge >= 0.3 is 5.97 Å². The first-order chi connectivity index (χ1) is 8.65. The van der Waals surface area contributed by atoms with E-state index in [1.807, 2.05) is 7.05 Å². The van der Waals surface area contributed by atoms with Gasteiger partial charge in [0.25, 0.3) is 0 Å². The molecule has 2 aromatic heterocycles. The van der Waals surface area contributed by atoms with Crippen molar-refractivity contribution >= 4 is 5.97 Å². The summed E-state index contributed by atoms with van der Waals surface area (Å²) in [6, 6.07) is 0. The number of nitrogens with zero attached hydrogens (tertiary/aromatic N) is 6. The zero-order chi connectivity index (χ0) is 12.8. The molecule has 0 amide bonds. The lowest BCUT2D eigenvalue weighted by atomic mass is 9.77. The van der Waals surface area contributed by atoms with E-state index in [4.69, 9.17) is 0 Å². The minimum atomic E-state index is -0.997. The van der Waals surface area contributed by atoms with Gasteiger partial charge in [0.1, 0.15) is 5.69 Å². The highest BCUT2D eigenvalue weighted by atomic mass is 16.4. The lowest BCUT2D eigenvalue weighted by Gasteiger charge is -2.37. The van der Waals surface area contributed by atoms with Crippen LogP contribution in [0.15, 0.2) is 12.5 Å². The summed E-state index contributed by atoms with van der Waals surface area (Å²) < 4.78 is 3.17. The molecule has 1 fully saturated rings. The maximum Gasteiger partial charge on any atom is 0.331 e. The van der Waals surface area contributed by atoms with E-state index in [0.717, 1.165) is 6.42 Å². The van der Waals surface area contributed by atoms with Crippen LogP contribution in [0.25, 0.3) is 11.5 Å². The third kappa shape index (κ3) is 1.28. The number of aliphatic carboxylic acids is 1. The Morgan fingerprint density at radius 2 is 2.28 bits per heavy atom. The van der Waals surface area contributed by atoms with Gasteiger partial charge in [-0.2, -0.15) is 0 Å². The predicted octanol–water partition coefficient (Wildman–Crippen LogP) is 0.0374. The van der Waals surface area contributed by atoms with Gasteiger partial charge in [0.2, 0.25) is 5.82 Å². The average molecular weight is 248 g/mol. The first kappa shape index (κ1) is 10.9. The van der Waals surface area contributed by atoms with Gasteiger partial charge in [-0.15, -0.1) is 5.10 Å². The molecular formula is C10H12N6O2. The van der Waals surface area contributed by atoms with Crippen LogP contribution in [0.5, 0.6) is 0 Å². The van der Waals surface area contributed by atoms with E-state index in [0.29, 0.717) is 24.4 Å². The van der Waals surface area contributed by atoms with E-state index in [9.17, 15) is 9.90 Å². The highest BCUT2D eigenvalue weighted by Crippen LogP contribution is 2.40. The fourth-order valence-corrected chi connectivity index (χ4v) is 2.24. The SMILES string of the molecule is Cn1cncc1-c1nnnn1C1(C(=O)O)CCC1. The predicted molar refractivity (Wildman–Crippen MR) is 59.5 cm³/mol. The van der Waals surface area contributed by atoms with Crippen LogP contribution in [0.2, 0.25) is 0 Å². The van der Waals surface area contributed by atoms with Crippen LogP contribution in [0.1, 0.15) is 19.3 Å². The standard InChI is InChI=1S/C10H12N6O2/c1-15-6-11-5-7(15)8-12-13-14-16(8)10(9(17)18)3-2-4-10/h5-6H,2-4H2,1H3,(H,17,18). The van der Waals surface area contributed by atoms with Gasteiger partial charge in [0.15, 0.2) is 5.54 Å². The van der Waals surface area contributed by atoms with Crippen LogP contribution in [0, 0.1) is 0 Å². The highest BCUT2D eigenvalue weighted by molar-refractivity contribution is 5.78. The van der Waals surface area contributed by atoms with E-state index < -0.39 is 11.5 Å². The molecule has 18 heavy (non-hydrogen) atoms. The smallest absolute Gasteiger partial charge is 0.331 e. The number of tetrazole rings is 1. The third-order valence-corrected chi connectivity index (χ3v) is 3.50. The van der Waals surface area contributed by atoms with E-state index in [2.05, 4.69) is 20.5 Å². The molecular weight excluding hydrogens is 236 g/mol. The van der Waals surface area contributed by atoms with Gasteiger partial charge in [0, 0.05) is 7.05 Å². The van der Waals surface area contributed by atoms with Crippen molar-refractivity contribution in [1.82, 2.24) is 29.8 Å². The normalized spacial score (nSPS) is 17.4. The molecule has 1 saturated carbocycles. The number of hydrogen-bond donors (Lipinski definition) is 1. The summed E-state index contributed by atoms with van der Waals surface area (Å²) in [5.41, 5.74) is -0.296. The number of carbonyl (C=O) groups is 1. The number of aromatic nitrogens is 6. The van der Waals surface area contributed by atoms with Gasteiger partial charge in [-0.05, 0) is 29.7 Å². The quantitative estimate of drug-likeness (QED) is 0.823. The Bertz CT molecular complexity index is 597. The van der Waals surface area contributed by atoms with E-state index in [1.165, 1.54) is 4.68 Å². The first-order valence-corrected chi connectivity index (χ1v) is 5.64. The number of imidazole rings is 1. The molecule has 1 N–H and O–H groups in total. The minimum absolute atomic E-state index is 0.442. The topological polar surface area (TPSA) is 98.7 Å². The largest absolute Gasteiger partial charge is 0.479 e. The second-order valence-corrected chi connectivity index (χ2v) is 4.49. The van der Waals surface area contributed by atoms with Crippen molar-refractivity contribution in [2.24, 2.45) is 7.05 Å². The molecule has 0 saturated heterocycles. The average Bonchev–Trinajstić information content (AvgIpc) is 2.84. The van der Waals surface area contributed by atoms with Crippen molar-refractivity contribution in [2.75, 3.05) is 0 Å². The maximum atomic E-state index is 11.5. The summed E-state index contributed by atoms with van der Waals surface area (Å²) in [4.78, 5) is 15.5. The van der Waals surface area contributed by atoms with Gasteiger partial charge in [-0.25, -0.2) is 14.5 Å². The fourth-order valence-electron chi connectivity index (χ4n) is 2.24. The molecule has 0 aromatic carbocycles. The molecule has 0 bridgehead atoms. The molecule has 0 radical (unpaired) electrons. The fraction of sp³-hybridized carbons (Fsp3) is 0.500. The Balaban J connectivity index is 2.13. The Morgan fingerprint density at radius 1 is 1.50 bits per heavy atom. The monoisotopic (exact) mass is 248 g/mol. The van der Waals surface area contributed by atoms with E-state index >= 15 is 0 Å². The van der Waals surface area contributed by atoms with Crippen LogP contribution < -0.4 is 0 Å². The minimum Gasteiger partial charge on any atom is -0.479 e. The first-order valence-electron chi connectivity index (χ1n) is 5.64. The van der Waals surface area contributed by atoms with Crippen LogP contribution in [0.3, 0.4) is 0 Å². The lowest BCUT2D eigenvalue weighted by Crippen LogP contribution is -2.48. The van der Waals surface area contributed by atoms with Crippen LogP contribution in [-0.4, -0.2) is 40.8 Å². The Kier molecular flexibility index (Phi) is 2.19. The molecule has 2 heterocycles. The number of carboxylic acid groups (broad SMARTS) is 1. The molecule has 1 aliphatic rings. The Hall–Kier alpha value is -2.25. The number of rotatable bonds is 3. The Morgan fingerprint density at radius 3 is 2.78 bits per heavy atom. The molecule has 2 aromatic rings. The maximum absolute atomic E-state index is 11.5. The highest BCUT2D eigenvalue weighted by Gasteiger charge is 2.49. The van der Waals surface area contributed by atoms with Crippen molar-refractivity contribution in [3.8, 4) is 11.5 Å². The number of carboxylic acids is 1. The molecule has 8 nitrogen and oxygen atoms in total. The van der Waals surface area contributed by atoms with Crippen molar-refractivity contribution in [3.63, 3.8) is 0 Å². The molecule has 3 rings (SSSR count). The van der Waals surface area contributed by atoms with E-state index in [1.54, 1.807) is 17.1 Å². The zero-order valence-electron chi connectivity index (χ0n) is 9.81. The summed E-state index contributed by atoms with van der Waals surface area (Å²) in [5, 5.41) is 20.8. The number of aryl methyl sites for hydroxylation is 1. The van der Waals surface area contributed by atoms with E-state index in [-0.39, 0.29) is 0 Å². The van der Waals surface area contributed by atoms with Gasteiger partial charge in [-0.3, -0.25) is 0 Å². The molecule has 8 heteroatoms. The third-order valence-electron chi connectivity index (χ3n) is 3.50. The van der Waals surface area contributed by atoms with Crippen LogP contribution in [-0.2, 0) is 17.4 Å². The van der Waals surface area contributed by atoms with Gasteiger partial charge in [-0.1, -0.05) is 0 Å². The Labute approximate surface area is 102 Å². The van der Waals surface area contributed by atoms with Gasteiger partial charge in [0.05, 0.1) is 12.5 Å². The summed E-state index contributed by atoms with van der Waals surface area (Å²) in [5.74, 6) is -0.443. The van der Waals surface area contributed by atoms with Crippen LogP contribution in [0.4, 0.5) is 0 Å².